The lowest BCUT2D eigenvalue weighted by atomic mass is 10.1. The Morgan fingerprint density at radius 2 is 2.06 bits per heavy atom. The molecule has 5 nitrogen and oxygen atoms in total. The average molecular weight is 247 g/mol. The van der Waals surface area contributed by atoms with Crippen molar-refractivity contribution in [2.24, 2.45) is 0 Å². The van der Waals surface area contributed by atoms with Gasteiger partial charge in [-0.25, -0.2) is 0 Å². The van der Waals surface area contributed by atoms with E-state index in [-0.39, 0.29) is 10.6 Å². The van der Waals surface area contributed by atoms with Gasteiger partial charge < -0.3 is 4.90 Å². The number of hydrogen-bond acceptors (Lipinski definition) is 4. The standard InChI is InChI=1S/C13H17N3O2/c17-16(18)13-6-2-1-5-12(13)15-9-8-14-7-3-4-11(14)10-15/h1-2,5-6,11H,3-4,7-10H2. The van der Waals surface area contributed by atoms with Gasteiger partial charge in [-0.05, 0) is 25.5 Å². The first kappa shape index (κ1) is 11.5. The molecule has 0 spiro atoms. The van der Waals surface area contributed by atoms with Crippen LogP contribution in [0.1, 0.15) is 12.8 Å². The van der Waals surface area contributed by atoms with Crippen molar-refractivity contribution in [3.8, 4) is 0 Å². The minimum absolute atomic E-state index is 0.226. The molecule has 96 valence electrons. The summed E-state index contributed by atoms with van der Waals surface area (Å²) < 4.78 is 0. The Balaban J connectivity index is 1.85. The van der Waals surface area contributed by atoms with E-state index in [9.17, 15) is 10.1 Å². The summed E-state index contributed by atoms with van der Waals surface area (Å²) in [6, 6.07) is 7.65. The van der Waals surface area contributed by atoms with E-state index in [2.05, 4.69) is 9.80 Å². The molecule has 1 atom stereocenters. The third kappa shape index (κ3) is 1.95. The Labute approximate surface area is 106 Å². The fourth-order valence-corrected chi connectivity index (χ4v) is 3.10. The zero-order chi connectivity index (χ0) is 12.5. The maximum absolute atomic E-state index is 11.1. The molecule has 2 saturated heterocycles. The Kier molecular flexibility index (Phi) is 2.91. The first-order valence-corrected chi connectivity index (χ1v) is 6.48. The molecule has 0 N–H and O–H groups in total. The van der Waals surface area contributed by atoms with Crippen molar-refractivity contribution in [1.29, 1.82) is 0 Å². The number of para-hydroxylation sites is 2. The number of fused-ring (bicyclic) bond motifs is 1. The second kappa shape index (κ2) is 4.57. The molecule has 0 aromatic heterocycles. The van der Waals surface area contributed by atoms with Gasteiger partial charge in [0.2, 0.25) is 0 Å². The van der Waals surface area contributed by atoms with Crippen molar-refractivity contribution < 1.29 is 4.92 Å². The number of nitro benzene ring substituents is 1. The fraction of sp³-hybridized carbons (Fsp3) is 0.538. The van der Waals surface area contributed by atoms with E-state index in [0.717, 1.165) is 25.3 Å². The zero-order valence-corrected chi connectivity index (χ0v) is 10.3. The number of piperazine rings is 1. The number of rotatable bonds is 2. The monoisotopic (exact) mass is 247 g/mol. The molecular weight excluding hydrogens is 230 g/mol. The number of benzene rings is 1. The van der Waals surface area contributed by atoms with Crippen molar-refractivity contribution in [1.82, 2.24) is 4.90 Å². The van der Waals surface area contributed by atoms with E-state index in [1.807, 2.05) is 12.1 Å². The van der Waals surface area contributed by atoms with Crippen LogP contribution in [0.4, 0.5) is 11.4 Å². The van der Waals surface area contributed by atoms with Crippen molar-refractivity contribution in [2.45, 2.75) is 18.9 Å². The van der Waals surface area contributed by atoms with Gasteiger partial charge in [-0.15, -0.1) is 0 Å². The van der Waals surface area contributed by atoms with Gasteiger partial charge in [0.05, 0.1) is 4.92 Å². The minimum atomic E-state index is -0.281. The third-order valence-corrected chi connectivity index (χ3v) is 4.01. The van der Waals surface area contributed by atoms with E-state index in [4.69, 9.17) is 0 Å². The highest BCUT2D eigenvalue weighted by Crippen LogP contribution is 2.31. The van der Waals surface area contributed by atoms with Gasteiger partial charge in [-0.2, -0.15) is 0 Å². The molecule has 0 bridgehead atoms. The molecule has 0 radical (unpaired) electrons. The number of hydrogen-bond donors (Lipinski definition) is 0. The molecule has 5 heteroatoms. The summed E-state index contributed by atoms with van der Waals surface area (Å²) >= 11 is 0. The Bertz CT molecular complexity index is 463. The predicted molar refractivity (Wildman–Crippen MR) is 69.9 cm³/mol. The zero-order valence-electron chi connectivity index (χ0n) is 10.3. The first-order valence-electron chi connectivity index (χ1n) is 6.48. The van der Waals surface area contributed by atoms with Crippen LogP contribution in [-0.2, 0) is 0 Å². The Hall–Kier alpha value is -1.62. The van der Waals surface area contributed by atoms with Gasteiger partial charge in [0.1, 0.15) is 5.69 Å². The van der Waals surface area contributed by atoms with Gasteiger partial charge in [-0.3, -0.25) is 15.0 Å². The van der Waals surface area contributed by atoms with E-state index in [1.54, 1.807) is 12.1 Å². The van der Waals surface area contributed by atoms with Crippen LogP contribution >= 0.6 is 0 Å². The molecule has 2 heterocycles. The summed E-state index contributed by atoms with van der Waals surface area (Å²) in [6.45, 7) is 4.03. The molecule has 2 fully saturated rings. The summed E-state index contributed by atoms with van der Waals surface area (Å²) in [7, 11) is 0. The van der Waals surface area contributed by atoms with E-state index < -0.39 is 0 Å². The van der Waals surface area contributed by atoms with Crippen LogP contribution in [-0.4, -0.2) is 42.0 Å². The molecule has 3 rings (SSSR count). The van der Waals surface area contributed by atoms with Gasteiger partial charge in [0, 0.05) is 31.7 Å². The largest absolute Gasteiger partial charge is 0.363 e. The van der Waals surface area contributed by atoms with Crippen LogP contribution in [0.3, 0.4) is 0 Å². The molecule has 2 aliphatic heterocycles. The lowest BCUT2D eigenvalue weighted by Gasteiger charge is -2.38. The van der Waals surface area contributed by atoms with Gasteiger partial charge in [0.25, 0.3) is 5.69 Å². The summed E-state index contributed by atoms with van der Waals surface area (Å²) in [5, 5.41) is 11.1. The van der Waals surface area contributed by atoms with Crippen molar-refractivity contribution in [3.05, 3.63) is 34.4 Å². The average Bonchev–Trinajstić information content (AvgIpc) is 2.85. The molecule has 18 heavy (non-hydrogen) atoms. The summed E-state index contributed by atoms with van der Waals surface area (Å²) in [6.07, 6.45) is 2.48. The highest BCUT2D eigenvalue weighted by molar-refractivity contribution is 5.63. The van der Waals surface area contributed by atoms with E-state index >= 15 is 0 Å². The normalized spacial score (nSPS) is 24.0. The van der Waals surface area contributed by atoms with Crippen molar-refractivity contribution >= 4 is 11.4 Å². The molecule has 1 aromatic rings. The van der Waals surface area contributed by atoms with Crippen LogP contribution < -0.4 is 4.90 Å². The Morgan fingerprint density at radius 1 is 1.22 bits per heavy atom. The second-order valence-electron chi connectivity index (χ2n) is 5.02. The SMILES string of the molecule is O=[N+]([O-])c1ccccc1N1CCN2CCCC2C1. The van der Waals surface area contributed by atoms with Gasteiger partial charge in [-0.1, -0.05) is 12.1 Å². The molecule has 1 aromatic carbocycles. The van der Waals surface area contributed by atoms with Crippen molar-refractivity contribution in [2.75, 3.05) is 31.1 Å². The number of nitro groups is 1. The lowest BCUT2D eigenvalue weighted by molar-refractivity contribution is -0.384. The fourth-order valence-electron chi connectivity index (χ4n) is 3.10. The smallest absolute Gasteiger partial charge is 0.292 e. The topological polar surface area (TPSA) is 49.6 Å². The highest BCUT2D eigenvalue weighted by Gasteiger charge is 2.32. The number of nitrogens with zero attached hydrogens (tertiary/aromatic N) is 3. The van der Waals surface area contributed by atoms with Crippen LogP contribution in [0.2, 0.25) is 0 Å². The second-order valence-corrected chi connectivity index (χ2v) is 5.02. The molecule has 0 amide bonds. The number of anilines is 1. The van der Waals surface area contributed by atoms with Crippen LogP contribution in [0.15, 0.2) is 24.3 Å². The molecule has 0 saturated carbocycles. The quantitative estimate of drug-likeness (QED) is 0.591. The summed E-state index contributed by atoms with van der Waals surface area (Å²) in [5.74, 6) is 0. The maximum Gasteiger partial charge on any atom is 0.292 e. The maximum atomic E-state index is 11.1. The van der Waals surface area contributed by atoms with E-state index in [0.29, 0.717) is 6.04 Å². The summed E-state index contributed by atoms with van der Waals surface area (Å²) in [5.41, 5.74) is 0.998. The highest BCUT2D eigenvalue weighted by atomic mass is 16.6. The predicted octanol–water partition coefficient (Wildman–Crippen LogP) is 1.88. The molecule has 2 aliphatic rings. The Morgan fingerprint density at radius 3 is 2.89 bits per heavy atom. The van der Waals surface area contributed by atoms with Crippen molar-refractivity contribution in [3.63, 3.8) is 0 Å². The first-order chi connectivity index (χ1) is 8.75. The van der Waals surface area contributed by atoms with Crippen LogP contribution in [0, 0.1) is 10.1 Å². The lowest BCUT2D eigenvalue weighted by Crippen LogP contribution is -2.50. The van der Waals surface area contributed by atoms with Crippen LogP contribution in [0.5, 0.6) is 0 Å². The molecular formula is C13H17N3O2. The molecule has 1 unspecified atom stereocenters. The van der Waals surface area contributed by atoms with E-state index in [1.165, 1.54) is 19.4 Å². The van der Waals surface area contributed by atoms with Gasteiger partial charge in [0.15, 0.2) is 0 Å². The van der Waals surface area contributed by atoms with Crippen LogP contribution in [0.25, 0.3) is 0 Å². The summed E-state index contributed by atoms with van der Waals surface area (Å²) in [4.78, 5) is 15.5. The molecule has 0 aliphatic carbocycles. The third-order valence-electron chi connectivity index (χ3n) is 4.01. The van der Waals surface area contributed by atoms with Gasteiger partial charge >= 0.3 is 0 Å². The minimum Gasteiger partial charge on any atom is -0.363 e.